The number of likely N-dealkylation sites (tertiary alicyclic amines) is 1. The molecule has 1 aromatic heterocycles. The molecule has 3 saturated heterocycles. The molecule has 0 bridgehead atoms. The van der Waals surface area contributed by atoms with Crippen LogP contribution in [0.3, 0.4) is 0 Å². The summed E-state index contributed by atoms with van der Waals surface area (Å²) in [6.45, 7) is 14.5. The lowest BCUT2D eigenvalue weighted by molar-refractivity contribution is -0.0964. The third-order valence-corrected chi connectivity index (χ3v) is 12.5. The zero-order valence-corrected chi connectivity index (χ0v) is 39.5. The van der Waals surface area contributed by atoms with Crippen LogP contribution in [0, 0.1) is 0 Å². The molecular formula is C54H64ClN7O4. The highest BCUT2D eigenvalue weighted by Gasteiger charge is 2.43. The van der Waals surface area contributed by atoms with E-state index in [1.165, 1.54) is 11.1 Å². The number of alkyl halides is 1. The number of nitrogens with zero attached hydrogens (tertiary/aromatic N) is 4. The number of ether oxygens (including phenoxy) is 2. The van der Waals surface area contributed by atoms with Gasteiger partial charge in [0.15, 0.2) is 0 Å². The van der Waals surface area contributed by atoms with Gasteiger partial charge in [-0.25, -0.2) is 4.98 Å². The van der Waals surface area contributed by atoms with Crippen LogP contribution in [0.2, 0.25) is 0 Å². The molecule has 10 rings (SSSR count). The molecule has 0 aliphatic carbocycles. The van der Waals surface area contributed by atoms with Gasteiger partial charge in [0.1, 0.15) is 17.2 Å². The summed E-state index contributed by atoms with van der Waals surface area (Å²) in [5.41, 5.74) is 11.9. The van der Waals surface area contributed by atoms with Gasteiger partial charge in [-0.3, -0.25) is 14.6 Å². The Morgan fingerprint density at radius 2 is 1.36 bits per heavy atom. The Bertz CT molecular complexity index is 2370. The molecule has 0 spiro atoms. The summed E-state index contributed by atoms with van der Waals surface area (Å²) < 4.78 is 10.5. The van der Waals surface area contributed by atoms with E-state index in [2.05, 4.69) is 105 Å². The van der Waals surface area contributed by atoms with Gasteiger partial charge >= 0.3 is 0 Å². The number of epoxide rings is 1. The average Bonchev–Trinajstić information content (AvgIpc) is 3.88. The van der Waals surface area contributed by atoms with E-state index in [9.17, 15) is 9.90 Å². The second-order valence-corrected chi connectivity index (χ2v) is 18.8. The van der Waals surface area contributed by atoms with Crippen molar-refractivity contribution in [2.24, 2.45) is 5.73 Å². The number of β-amino-alcohol motifs (C(OH)–C–C–N with tert-alkyl or cyclic N) is 1. The van der Waals surface area contributed by atoms with E-state index in [0.717, 1.165) is 61.6 Å². The monoisotopic (exact) mass is 909 g/mol. The van der Waals surface area contributed by atoms with Gasteiger partial charge in [0.05, 0.1) is 42.3 Å². The van der Waals surface area contributed by atoms with Gasteiger partial charge in [0.25, 0.3) is 5.91 Å². The molecule has 4 aliphatic rings. The van der Waals surface area contributed by atoms with Gasteiger partial charge in [-0.1, -0.05) is 121 Å². The number of benzene rings is 5. The van der Waals surface area contributed by atoms with Crippen molar-refractivity contribution in [3.8, 4) is 5.75 Å². The van der Waals surface area contributed by atoms with E-state index < -0.39 is 5.60 Å². The number of anilines is 2. The number of carbonyl (C=O) groups excluding carboxylic acids is 1. The van der Waals surface area contributed by atoms with Gasteiger partial charge in [-0.15, -0.1) is 11.6 Å². The first-order valence-corrected chi connectivity index (χ1v) is 23.3. The average molecular weight is 911 g/mol. The van der Waals surface area contributed by atoms with E-state index in [4.69, 9.17) is 26.8 Å². The zero-order valence-electron chi connectivity index (χ0n) is 38.7. The van der Waals surface area contributed by atoms with Crippen molar-refractivity contribution in [3.63, 3.8) is 0 Å². The molecule has 66 heavy (non-hydrogen) atoms. The first-order valence-electron chi connectivity index (χ1n) is 22.8. The molecule has 5 aromatic carbocycles. The number of hydrogen-bond donors (Lipinski definition) is 4. The van der Waals surface area contributed by atoms with Gasteiger partial charge in [0, 0.05) is 50.4 Å². The predicted molar refractivity (Wildman–Crippen MR) is 265 cm³/mol. The van der Waals surface area contributed by atoms with Crippen molar-refractivity contribution in [3.05, 3.63) is 185 Å². The molecule has 11 nitrogen and oxygen atoms in total. The maximum absolute atomic E-state index is 13.5. The molecule has 1 atom stereocenters. The van der Waals surface area contributed by atoms with Crippen molar-refractivity contribution in [1.82, 2.24) is 20.2 Å². The Hall–Kier alpha value is -5.66. The Morgan fingerprint density at radius 1 is 0.833 bits per heavy atom. The highest BCUT2D eigenvalue weighted by Crippen LogP contribution is 2.36. The fourth-order valence-electron chi connectivity index (χ4n) is 8.13. The van der Waals surface area contributed by atoms with Gasteiger partial charge < -0.3 is 30.9 Å². The number of aromatic nitrogens is 2. The topological polar surface area (TPSA) is 141 Å². The number of nitrogens with two attached hydrogens (primary N) is 1. The first-order chi connectivity index (χ1) is 31.8. The lowest BCUT2D eigenvalue weighted by Crippen LogP contribution is -2.69. The number of halogens is 1. The third-order valence-electron chi connectivity index (χ3n) is 11.9. The molecule has 12 heteroatoms. The van der Waals surface area contributed by atoms with Crippen LogP contribution >= 0.6 is 11.6 Å². The van der Waals surface area contributed by atoms with Crippen LogP contribution in [-0.4, -0.2) is 93.9 Å². The summed E-state index contributed by atoms with van der Waals surface area (Å²) >= 11 is 5.42. The smallest absolute Gasteiger partial charge is 0.260 e. The summed E-state index contributed by atoms with van der Waals surface area (Å²) in [5, 5.41) is 16.5. The minimum atomic E-state index is -0.540. The Labute approximate surface area is 395 Å². The number of aliphatic hydroxyl groups is 1. The fourth-order valence-corrected chi connectivity index (χ4v) is 8.28. The summed E-state index contributed by atoms with van der Waals surface area (Å²) in [6.07, 6.45) is 2.53. The molecular weight excluding hydrogens is 846 g/mol. The number of hydrogen-bond acceptors (Lipinski definition) is 10. The van der Waals surface area contributed by atoms with Crippen LogP contribution in [0.4, 0.5) is 11.8 Å². The SMILES string of the molecule is CC(C)Nc1nccc(N(C(=O)c2ccc3c(c2)CCO3)C2(C)CNC2)n1.CC1(CCl)CO1.CC1(O)CN(C(c2ccccc2)c2ccccc2)C1.NC(c1ccccc1)c1ccccc1. The summed E-state index contributed by atoms with van der Waals surface area (Å²) in [4.78, 5) is 26.5. The summed E-state index contributed by atoms with van der Waals surface area (Å²) in [5.74, 6) is 2.59. The second kappa shape index (κ2) is 21.8. The minimum Gasteiger partial charge on any atom is -0.493 e. The summed E-state index contributed by atoms with van der Waals surface area (Å²) in [7, 11) is 0. The number of amides is 1. The molecule has 3 fully saturated rings. The second-order valence-electron chi connectivity index (χ2n) is 18.5. The van der Waals surface area contributed by atoms with E-state index in [1.54, 1.807) is 17.2 Å². The van der Waals surface area contributed by atoms with Crippen LogP contribution in [-0.2, 0) is 11.2 Å². The Kier molecular flexibility index (Phi) is 15.9. The van der Waals surface area contributed by atoms with Crippen LogP contribution in [0.1, 0.15) is 84.9 Å². The first kappa shape index (κ1) is 48.3. The molecule has 1 amide bonds. The summed E-state index contributed by atoms with van der Waals surface area (Å²) in [6, 6.07) is 49.2. The molecule has 0 radical (unpaired) electrons. The molecule has 5 N–H and O–H groups in total. The van der Waals surface area contributed by atoms with E-state index in [0.29, 0.717) is 29.8 Å². The standard InChI is InChI=1S/C20H25N5O2.C17H19NO.C13H13N.C4H7ClO/c1-13(2)23-19-22-8-6-17(24-19)25(20(3)11-21-12-20)18(26)15-4-5-16-14(10-15)7-9-27-16;1-17(19)12-18(13-17)16(14-8-4-2-5-9-14)15-10-6-3-7-11-15;14-13(11-7-3-1-4-8-11)12-9-5-2-6-10-12;1-4(2-5)3-6-4/h4-6,8,10,13,21H,7,9,11-12H2,1-3H3,(H,22,23,24);2-11,16,19H,12-13H2,1H3;1-10,13H,14H2;2-3H2,1H3. The fraction of sp³-hybridized carbons (Fsp3) is 0.352. The number of nitrogens with one attached hydrogen (secondary N) is 2. The quantitative estimate of drug-likeness (QED) is 0.0737. The Balaban J connectivity index is 0.000000144. The van der Waals surface area contributed by atoms with Crippen molar-refractivity contribution < 1.29 is 19.4 Å². The van der Waals surface area contributed by atoms with Crippen LogP contribution in [0.5, 0.6) is 5.75 Å². The van der Waals surface area contributed by atoms with E-state index >= 15 is 0 Å². The molecule has 5 heterocycles. The lowest BCUT2D eigenvalue weighted by atomic mass is 9.89. The van der Waals surface area contributed by atoms with Crippen molar-refractivity contribution in [1.29, 1.82) is 0 Å². The molecule has 4 aliphatic heterocycles. The van der Waals surface area contributed by atoms with Crippen molar-refractivity contribution in [2.45, 2.75) is 75.9 Å². The number of carbonyl (C=O) groups is 1. The van der Waals surface area contributed by atoms with Gasteiger partial charge in [-0.2, -0.15) is 4.98 Å². The third kappa shape index (κ3) is 12.6. The molecule has 0 saturated carbocycles. The van der Waals surface area contributed by atoms with E-state index in [-0.39, 0.29) is 35.2 Å². The van der Waals surface area contributed by atoms with Crippen LogP contribution < -0.4 is 26.0 Å². The van der Waals surface area contributed by atoms with Crippen molar-refractivity contribution in [2.75, 3.05) is 55.5 Å². The zero-order chi connectivity index (χ0) is 46.7. The van der Waals surface area contributed by atoms with Gasteiger partial charge in [0.2, 0.25) is 5.95 Å². The van der Waals surface area contributed by atoms with Gasteiger partial charge in [-0.05, 0) is 86.7 Å². The Morgan fingerprint density at radius 3 is 1.80 bits per heavy atom. The number of rotatable bonds is 11. The predicted octanol–water partition coefficient (Wildman–Crippen LogP) is 8.83. The van der Waals surface area contributed by atoms with E-state index in [1.807, 2.05) is 94.4 Å². The maximum Gasteiger partial charge on any atom is 0.260 e. The highest BCUT2D eigenvalue weighted by molar-refractivity contribution is 6.18. The van der Waals surface area contributed by atoms with Crippen LogP contribution in [0.15, 0.2) is 152 Å². The minimum absolute atomic E-state index is 0.0163. The maximum atomic E-state index is 13.5. The molecule has 1 unspecified atom stereocenters. The number of fused-ring (bicyclic) bond motifs is 1. The molecule has 6 aromatic rings. The normalized spacial score (nSPS) is 18.3. The molecule has 346 valence electrons. The largest absolute Gasteiger partial charge is 0.493 e. The van der Waals surface area contributed by atoms with Crippen LogP contribution in [0.25, 0.3) is 0 Å². The highest BCUT2D eigenvalue weighted by atomic mass is 35.5. The lowest BCUT2D eigenvalue weighted by Gasteiger charge is -2.48. The van der Waals surface area contributed by atoms with Crippen molar-refractivity contribution >= 4 is 29.3 Å².